The lowest BCUT2D eigenvalue weighted by Gasteiger charge is -2.12. The Hall–Kier alpha value is -2.72. The maximum atomic E-state index is 12.3. The van der Waals surface area contributed by atoms with E-state index in [-0.39, 0.29) is 5.91 Å². The van der Waals surface area contributed by atoms with Crippen molar-refractivity contribution in [3.63, 3.8) is 0 Å². The Morgan fingerprint density at radius 1 is 1.04 bits per heavy atom. The largest absolute Gasteiger partial charge is 0.352 e. The number of carbonyl (C=O) groups excluding carboxylic acids is 1. The molecule has 1 unspecified atom stereocenters. The van der Waals surface area contributed by atoms with Crippen molar-refractivity contribution in [2.75, 3.05) is 5.32 Å². The number of carbonyl (C=O) groups is 1. The van der Waals surface area contributed by atoms with Gasteiger partial charge in [-0.3, -0.25) is 4.79 Å². The number of H-pyrrole nitrogens is 1. The van der Waals surface area contributed by atoms with Crippen LogP contribution in [0.15, 0.2) is 72.9 Å². The molecular formula is C21H20N2OS. The lowest BCUT2D eigenvalue weighted by molar-refractivity contribution is 0.102. The zero-order valence-corrected chi connectivity index (χ0v) is 14.8. The Morgan fingerprint density at radius 3 is 2.44 bits per heavy atom. The van der Waals surface area contributed by atoms with Crippen LogP contribution in [0.3, 0.4) is 0 Å². The smallest absolute Gasteiger partial charge is 0.258 e. The van der Waals surface area contributed by atoms with Crippen molar-refractivity contribution >= 4 is 23.8 Å². The zero-order valence-electron chi connectivity index (χ0n) is 14.0. The maximum Gasteiger partial charge on any atom is 0.258 e. The number of nitrogens with one attached hydrogen (secondary N) is 2. The molecule has 126 valence electrons. The van der Waals surface area contributed by atoms with Gasteiger partial charge in [0.05, 0.1) is 5.56 Å². The van der Waals surface area contributed by atoms with Crippen molar-refractivity contribution in [3.8, 4) is 0 Å². The summed E-state index contributed by atoms with van der Waals surface area (Å²) in [4.78, 5) is 15.2. The molecule has 0 radical (unpaired) electrons. The summed E-state index contributed by atoms with van der Waals surface area (Å²) in [5.74, 6) is 0.247. The van der Waals surface area contributed by atoms with E-state index in [2.05, 4.69) is 53.6 Å². The third kappa shape index (κ3) is 4.43. The second kappa shape index (κ2) is 7.90. The van der Waals surface area contributed by atoms with Crippen molar-refractivity contribution in [2.24, 2.45) is 0 Å². The maximum absolute atomic E-state index is 12.3. The molecule has 3 aromatic rings. The third-order valence-corrected chi connectivity index (χ3v) is 4.52. The van der Waals surface area contributed by atoms with Gasteiger partial charge in [0.25, 0.3) is 5.91 Å². The molecule has 1 aromatic heterocycles. The molecule has 25 heavy (non-hydrogen) atoms. The van der Waals surface area contributed by atoms with Crippen LogP contribution in [0.1, 0.15) is 34.3 Å². The van der Waals surface area contributed by atoms with Crippen LogP contribution in [0.4, 0.5) is 5.69 Å². The highest BCUT2D eigenvalue weighted by atomic mass is 32.1. The Bertz CT molecular complexity index is 901. The minimum atomic E-state index is -0.202. The van der Waals surface area contributed by atoms with Gasteiger partial charge in [-0.25, -0.2) is 0 Å². The molecule has 3 rings (SSSR count). The van der Waals surface area contributed by atoms with Crippen molar-refractivity contribution in [2.45, 2.75) is 19.3 Å². The van der Waals surface area contributed by atoms with E-state index in [1.54, 1.807) is 18.3 Å². The molecule has 0 bridgehead atoms. The number of hydrogen-bond acceptors (Lipinski definition) is 2. The van der Waals surface area contributed by atoms with Gasteiger partial charge in [0.2, 0.25) is 0 Å². The predicted octanol–water partition coefficient (Wildman–Crippen LogP) is 5.34. The summed E-state index contributed by atoms with van der Waals surface area (Å²) in [5.41, 5.74) is 3.81. The number of aromatic nitrogens is 1. The van der Waals surface area contributed by atoms with Crippen LogP contribution in [0.5, 0.6) is 0 Å². The van der Waals surface area contributed by atoms with Crippen molar-refractivity contribution < 1.29 is 4.79 Å². The Balaban J connectivity index is 1.65. The summed E-state index contributed by atoms with van der Waals surface area (Å²) >= 11 is 5.14. The number of pyridine rings is 1. The van der Waals surface area contributed by atoms with E-state index < -0.39 is 0 Å². The molecule has 0 fully saturated rings. The Kier molecular flexibility index (Phi) is 5.41. The number of aromatic amines is 1. The fourth-order valence-corrected chi connectivity index (χ4v) is 3.00. The van der Waals surface area contributed by atoms with Crippen molar-refractivity contribution in [1.82, 2.24) is 4.98 Å². The zero-order chi connectivity index (χ0) is 17.6. The average molecular weight is 348 g/mol. The van der Waals surface area contributed by atoms with Crippen LogP contribution in [0.2, 0.25) is 0 Å². The van der Waals surface area contributed by atoms with E-state index in [9.17, 15) is 4.79 Å². The number of benzene rings is 2. The van der Waals surface area contributed by atoms with E-state index in [0.29, 0.717) is 16.1 Å². The molecule has 0 saturated carbocycles. The first-order valence-corrected chi connectivity index (χ1v) is 8.67. The Labute approximate surface area is 152 Å². The summed E-state index contributed by atoms with van der Waals surface area (Å²) in [6.45, 7) is 2.22. The lowest BCUT2D eigenvalue weighted by Crippen LogP contribution is -2.12. The van der Waals surface area contributed by atoms with Crippen LogP contribution < -0.4 is 5.32 Å². The molecule has 3 nitrogen and oxygen atoms in total. The van der Waals surface area contributed by atoms with Gasteiger partial charge in [0.1, 0.15) is 4.64 Å². The van der Waals surface area contributed by atoms with Gasteiger partial charge in [-0.1, -0.05) is 61.6 Å². The predicted molar refractivity (Wildman–Crippen MR) is 105 cm³/mol. The lowest BCUT2D eigenvalue weighted by atomic mass is 9.94. The molecule has 0 saturated heterocycles. The first-order chi connectivity index (χ1) is 12.1. The van der Waals surface area contributed by atoms with Crippen LogP contribution >= 0.6 is 12.2 Å². The molecule has 0 aliphatic carbocycles. The average Bonchev–Trinajstić information content (AvgIpc) is 2.64. The number of amides is 1. The normalized spacial score (nSPS) is 11.7. The molecule has 4 heteroatoms. The molecule has 2 aromatic carbocycles. The summed E-state index contributed by atoms with van der Waals surface area (Å²) < 4.78 is 0.438. The van der Waals surface area contributed by atoms with Gasteiger partial charge in [-0.2, -0.15) is 0 Å². The van der Waals surface area contributed by atoms with Gasteiger partial charge >= 0.3 is 0 Å². The van der Waals surface area contributed by atoms with Gasteiger partial charge in [-0.05, 0) is 47.7 Å². The minimum Gasteiger partial charge on any atom is -0.352 e. The van der Waals surface area contributed by atoms with E-state index in [0.717, 1.165) is 12.1 Å². The highest BCUT2D eigenvalue weighted by molar-refractivity contribution is 7.71. The van der Waals surface area contributed by atoms with E-state index in [4.69, 9.17) is 12.2 Å². The molecule has 0 aliphatic heterocycles. The quantitative estimate of drug-likeness (QED) is 0.611. The van der Waals surface area contributed by atoms with Crippen LogP contribution in [0.25, 0.3) is 0 Å². The minimum absolute atomic E-state index is 0.202. The molecule has 1 heterocycles. The Morgan fingerprint density at radius 2 is 1.76 bits per heavy atom. The standard InChI is InChI=1S/C21H20N2OS/c1-15(17-6-3-2-4-7-17)14-16-9-11-18(12-10-16)23-20(24)19-8-5-13-22-21(19)25/h2-13,15H,14H2,1H3,(H,22,25)(H,23,24). The fraction of sp³-hybridized carbons (Fsp3) is 0.143. The van der Waals surface area contributed by atoms with Crippen molar-refractivity contribution in [3.05, 3.63) is 94.3 Å². The molecule has 2 N–H and O–H groups in total. The topological polar surface area (TPSA) is 44.9 Å². The van der Waals surface area contributed by atoms with E-state index in [1.807, 2.05) is 18.2 Å². The van der Waals surface area contributed by atoms with Gasteiger partial charge < -0.3 is 10.3 Å². The van der Waals surface area contributed by atoms with E-state index in [1.165, 1.54) is 11.1 Å². The highest BCUT2D eigenvalue weighted by Gasteiger charge is 2.09. The molecule has 0 aliphatic rings. The van der Waals surface area contributed by atoms with E-state index >= 15 is 0 Å². The SMILES string of the molecule is CC(Cc1ccc(NC(=O)c2ccc[nH]c2=S)cc1)c1ccccc1. The summed E-state index contributed by atoms with van der Waals surface area (Å²) in [7, 11) is 0. The monoisotopic (exact) mass is 348 g/mol. The summed E-state index contributed by atoms with van der Waals surface area (Å²) in [6, 6.07) is 21.9. The number of hydrogen-bond donors (Lipinski definition) is 2. The molecular weight excluding hydrogens is 328 g/mol. The second-order valence-corrected chi connectivity index (χ2v) is 6.49. The third-order valence-electron chi connectivity index (χ3n) is 4.19. The van der Waals surface area contributed by atoms with Crippen LogP contribution in [0, 0.1) is 4.64 Å². The van der Waals surface area contributed by atoms with Gasteiger partial charge in [0.15, 0.2) is 0 Å². The van der Waals surface area contributed by atoms with Gasteiger partial charge in [-0.15, -0.1) is 0 Å². The van der Waals surface area contributed by atoms with Crippen LogP contribution in [-0.4, -0.2) is 10.9 Å². The first-order valence-electron chi connectivity index (χ1n) is 8.26. The van der Waals surface area contributed by atoms with Crippen molar-refractivity contribution in [1.29, 1.82) is 0 Å². The highest BCUT2D eigenvalue weighted by Crippen LogP contribution is 2.21. The molecule has 0 spiro atoms. The van der Waals surface area contributed by atoms with Crippen LogP contribution in [-0.2, 0) is 6.42 Å². The fourth-order valence-electron chi connectivity index (χ4n) is 2.78. The molecule has 1 atom stereocenters. The summed E-state index contributed by atoms with van der Waals surface area (Å²) in [6.07, 6.45) is 2.67. The molecule has 1 amide bonds. The number of anilines is 1. The number of rotatable bonds is 5. The first kappa shape index (κ1) is 17.1. The summed E-state index contributed by atoms with van der Waals surface area (Å²) in [5, 5.41) is 2.89. The van der Waals surface area contributed by atoms with Gasteiger partial charge in [0, 0.05) is 11.9 Å². The second-order valence-electron chi connectivity index (χ2n) is 6.08.